The van der Waals surface area contributed by atoms with Gasteiger partial charge in [0.05, 0.1) is 6.54 Å². The lowest BCUT2D eigenvalue weighted by Gasteiger charge is -2.14. The lowest BCUT2D eigenvalue weighted by molar-refractivity contribution is -0.128. The van der Waals surface area contributed by atoms with E-state index in [0.717, 1.165) is 16.0 Å². The number of carbonyl (C=O) groups excluding carboxylic acids is 3. The Balaban J connectivity index is 1.70. The lowest BCUT2D eigenvalue weighted by Crippen LogP contribution is -2.38. The van der Waals surface area contributed by atoms with Gasteiger partial charge in [-0.2, -0.15) is 0 Å². The van der Waals surface area contributed by atoms with Crippen LogP contribution in [-0.4, -0.2) is 35.8 Å². The lowest BCUT2D eigenvalue weighted by atomic mass is 10.0. The SMILES string of the molecule is O=C(CN1C(=O)CNC1=O)Nc1ccccc1Cc1ccccc1. The molecule has 2 aromatic rings. The van der Waals surface area contributed by atoms with E-state index in [0.29, 0.717) is 12.1 Å². The highest BCUT2D eigenvalue weighted by molar-refractivity contribution is 6.06. The number of hydrogen-bond acceptors (Lipinski definition) is 3. The molecule has 6 nitrogen and oxygen atoms in total. The van der Waals surface area contributed by atoms with E-state index < -0.39 is 17.8 Å². The smallest absolute Gasteiger partial charge is 0.325 e. The maximum Gasteiger partial charge on any atom is 0.325 e. The number of para-hydroxylation sites is 1. The van der Waals surface area contributed by atoms with Gasteiger partial charge >= 0.3 is 6.03 Å². The van der Waals surface area contributed by atoms with Crippen LogP contribution >= 0.6 is 0 Å². The predicted molar refractivity (Wildman–Crippen MR) is 89.4 cm³/mol. The molecule has 0 saturated carbocycles. The Morgan fingerprint density at radius 1 is 1.04 bits per heavy atom. The van der Waals surface area contributed by atoms with E-state index in [1.165, 1.54) is 0 Å². The van der Waals surface area contributed by atoms with E-state index in [-0.39, 0.29) is 13.1 Å². The molecule has 122 valence electrons. The standard InChI is InChI=1S/C18H17N3O3/c22-16(12-21-17(23)11-19-18(21)24)20-15-9-5-4-8-14(15)10-13-6-2-1-3-7-13/h1-9H,10-12H2,(H,19,24)(H,20,22). The summed E-state index contributed by atoms with van der Waals surface area (Å²) in [5.41, 5.74) is 2.78. The van der Waals surface area contributed by atoms with Gasteiger partial charge < -0.3 is 10.6 Å². The van der Waals surface area contributed by atoms with Crippen molar-refractivity contribution in [2.45, 2.75) is 6.42 Å². The molecule has 1 fully saturated rings. The molecular formula is C18H17N3O3. The highest BCUT2D eigenvalue weighted by Crippen LogP contribution is 2.19. The van der Waals surface area contributed by atoms with Crippen molar-refractivity contribution in [2.24, 2.45) is 0 Å². The van der Waals surface area contributed by atoms with Gasteiger partial charge in [-0.1, -0.05) is 48.5 Å². The summed E-state index contributed by atoms with van der Waals surface area (Å²) in [7, 11) is 0. The van der Waals surface area contributed by atoms with Gasteiger partial charge in [-0.3, -0.25) is 14.5 Å². The predicted octanol–water partition coefficient (Wildman–Crippen LogP) is 1.77. The van der Waals surface area contributed by atoms with E-state index >= 15 is 0 Å². The van der Waals surface area contributed by atoms with Crippen molar-refractivity contribution in [3.05, 3.63) is 65.7 Å². The Hall–Kier alpha value is -3.15. The first-order chi connectivity index (χ1) is 11.6. The molecule has 0 atom stereocenters. The Bertz CT molecular complexity index is 758. The molecule has 4 amide bonds. The number of carbonyl (C=O) groups is 3. The number of nitrogens with one attached hydrogen (secondary N) is 2. The van der Waals surface area contributed by atoms with Crippen molar-refractivity contribution in [3.8, 4) is 0 Å². The van der Waals surface area contributed by atoms with Gasteiger partial charge in [-0.05, 0) is 23.6 Å². The zero-order valence-corrected chi connectivity index (χ0v) is 13.0. The maximum absolute atomic E-state index is 12.2. The Morgan fingerprint density at radius 3 is 2.46 bits per heavy atom. The largest absolute Gasteiger partial charge is 0.329 e. The normalized spacial score (nSPS) is 13.8. The Morgan fingerprint density at radius 2 is 1.75 bits per heavy atom. The van der Waals surface area contributed by atoms with E-state index in [4.69, 9.17) is 0 Å². The van der Waals surface area contributed by atoms with Crippen LogP contribution in [0.15, 0.2) is 54.6 Å². The van der Waals surface area contributed by atoms with Crippen LogP contribution < -0.4 is 10.6 Å². The van der Waals surface area contributed by atoms with E-state index in [1.54, 1.807) is 0 Å². The first-order valence-electron chi connectivity index (χ1n) is 7.63. The van der Waals surface area contributed by atoms with Gasteiger partial charge in [-0.15, -0.1) is 0 Å². The third-order valence-electron chi connectivity index (χ3n) is 3.77. The second kappa shape index (κ2) is 6.95. The average Bonchev–Trinajstić information content (AvgIpc) is 2.89. The molecule has 0 radical (unpaired) electrons. The molecule has 1 saturated heterocycles. The van der Waals surface area contributed by atoms with Crippen LogP contribution in [0.2, 0.25) is 0 Å². The van der Waals surface area contributed by atoms with Crippen molar-refractivity contribution < 1.29 is 14.4 Å². The molecule has 0 unspecified atom stereocenters. The van der Waals surface area contributed by atoms with Crippen LogP contribution in [0.4, 0.5) is 10.5 Å². The summed E-state index contributed by atoms with van der Waals surface area (Å²) in [4.78, 5) is 36.1. The van der Waals surface area contributed by atoms with Gasteiger partial charge in [0.2, 0.25) is 5.91 Å². The molecule has 3 rings (SSSR count). The number of amides is 4. The van der Waals surface area contributed by atoms with Crippen molar-refractivity contribution in [3.63, 3.8) is 0 Å². The second-order valence-electron chi connectivity index (χ2n) is 5.51. The van der Waals surface area contributed by atoms with Gasteiger partial charge in [-0.25, -0.2) is 4.79 Å². The van der Waals surface area contributed by atoms with Crippen molar-refractivity contribution in [2.75, 3.05) is 18.4 Å². The highest BCUT2D eigenvalue weighted by atomic mass is 16.2. The molecule has 0 spiro atoms. The second-order valence-corrected chi connectivity index (χ2v) is 5.51. The minimum absolute atomic E-state index is 0.0588. The Kier molecular flexibility index (Phi) is 4.56. The third kappa shape index (κ3) is 3.60. The molecule has 1 aliphatic heterocycles. The molecule has 0 bridgehead atoms. The summed E-state index contributed by atoms with van der Waals surface area (Å²) in [6.07, 6.45) is 0.681. The monoisotopic (exact) mass is 323 g/mol. The van der Waals surface area contributed by atoms with Gasteiger partial charge in [0.25, 0.3) is 5.91 Å². The average molecular weight is 323 g/mol. The topological polar surface area (TPSA) is 78.5 Å². The van der Waals surface area contributed by atoms with E-state index in [2.05, 4.69) is 10.6 Å². The number of hydrogen-bond donors (Lipinski definition) is 2. The van der Waals surface area contributed by atoms with Crippen LogP contribution in [0, 0.1) is 0 Å². The summed E-state index contributed by atoms with van der Waals surface area (Å²) >= 11 is 0. The minimum atomic E-state index is -0.535. The fraction of sp³-hybridized carbons (Fsp3) is 0.167. The molecule has 6 heteroatoms. The van der Waals surface area contributed by atoms with Crippen LogP contribution in [-0.2, 0) is 16.0 Å². The first-order valence-corrected chi connectivity index (χ1v) is 7.63. The summed E-state index contributed by atoms with van der Waals surface area (Å²) in [6.45, 7) is -0.346. The van der Waals surface area contributed by atoms with Crippen molar-refractivity contribution in [1.29, 1.82) is 0 Å². The molecular weight excluding hydrogens is 306 g/mol. The molecule has 0 aliphatic carbocycles. The Labute approximate surface area is 139 Å². The van der Waals surface area contributed by atoms with Crippen molar-refractivity contribution in [1.82, 2.24) is 10.2 Å². The molecule has 1 heterocycles. The van der Waals surface area contributed by atoms with Crippen LogP contribution in [0.3, 0.4) is 0 Å². The zero-order valence-electron chi connectivity index (χ0n) is 13.0. The van der Waals surface area contributed by atoms with Crippen LogP contribution in [0.5, 0.6) is 0 Å². The quantitative estimate of drug-likeness (QED) is 0.823. The number of urea groups is 1. The summed E-state index contributed by atoms with van der Waals surface area (Å²) in [6, 6.07) is 16.9. The molecule has 2 aromatic carbocycles. The highest BCUT2D eigenvalue weighted by Gasteiger charge is 2.30. The first kappa shape index (κ1) is 15.7. The van der Waals surface area contributed by atoms with Crippen LogP contribution in [0.1, 0.15) is 11.1 Å². The van der Waals surface area contributed by atoms with Gasteiger partial charge in [0.15, 0.2) is 0 Å². The zero-order chi connectivity index (χ0) is 16.9. The summed E-state index contributed by atoms with van der Waals surface area (Å²) in [5, 5.41) is 5.18. The fourth-order valence-corrected chi connectivity index (χ4v) is 2.56. The number of nitrogens with zero attached hydrogens (tertiary/aromatic N) is 1. The minimum Gasteiger partial charge on any atom is -0.329 e. The van der Waals surface area contributed by atoms with Gasteiger partial charge in [0.1, 0.15) is 6.54 Å². The van der Waals surface area contributed by atoms with Crippen LogP contribution in [0.25, 0.3) is 0 Å². The molecule has 1 aliphatic rings. The summed E-state index contributed by atoms with van der Waals surface area (Å²) in [5.74, 6) is -0.798. The van der Waals surface area contributed by atoms with Gasteiger partial charge in [0, 0.05) is 5.69 Å². The maximum atomic E-state index is 12.2. The van der Waals surface area contributed by atoms with Crippen molar-refractivity contribution >= 4 is 23.5 Å². The number of anilines is 1. The number of rotatable bonds is 5. The molecule has 2 N–H and O–H groups in total. The van der Waals surface area contributed by atoms with E-state index in [1.807, 2.05) is 54.6 Å². The van der Waals surface area contributed by atoms with E-state index in [9.17, 15) is 14.4 Å². The molecule has 0 aromatic heterocycles. The third-order valence-corrected chi connectivity index (χ3v) is 3.77. The fourth-order valence-electron chi connectivity index (χ4n) is 2.56. The molecule has 24 heavy (non-hydrogen) atoms. The number of imide groups is 1. The number of benzene rings is 2. The summed E-state index contributed by atoms with van der Waals surface area (Å²) < 4.78 is 0.